The van der Waals surface area contributed by atoms with Crippen molar-refractivity contribution in [2.45, 2.75) is 13.5 Å². The van der Waals surface area contributed by atoms with Crippen LogP contribution in [0.15, 0.2) is 23.6 Å². The van der Waals surface area contributed by atoms with Crippen LogP contribution in [-0.2, 0) is 6.54 Å². The number of aryl methyl sites for hydroxylation is 1. The number of amides is 1. The van der Waals surface area contributed by atoms with Crippen LogP contribution in [0, 0.1) is 6.92 Å². The van der Waals surface area contributed by atoms with E-state index in [1.165, 1.54) is 12.1 Å². The SMILES string of the molecule is Cc1ccsc1CNC(=O)c1ccc(C(=O)O)s1. The fraction of sp³-hybridized carbons (Fsp3) is 0.167. The summed E-state index contributed by atoms with van der Waals surface area (Å²) in [5.74, 6) is -1.24. The van der Waals surface area contributed by atoms with Gasteiger partial charge >= 0.3 is 5.97 Å². The Bertz CT molecular complexity index is 586. The molecular formula is C12H11NO3S2. The zero-order valence-electron chi connectivity index (χ0n) is 9.60. The maximum absolute atomic E-state index is 11.8. The second-order valence-corrected chi connectivity index (χ2v) is 5.76. The second-order valence-electron chi connectivity index (χ2n) is 3.68. The van der Waals surface area contributed by atoms with Crippen LogP contribution in [0.1, 0.15) is 29.8 Å². The standard InChI is InChI=1S/C12H11NO3S2/c1-7-4-5-17-10(7)6-13-11(14)8-2-3-9(18-8)12(15)16/h2-5H,6H2,1H3,(H,13,14)(H,15,16). The third-order valence-electron chi connectivity index (χ3n) is 2.42. The van der Waals surface area contributed by atoms with Gasteiger partial charge < -0.3 is 10.4 Å². The van der Waals surface area contributed by atoms with E-state index in [4.69, 9.17) is 5.11 Å². The Labute approximate surface area is 112 Å². The number of carboxylic acids is 1. The number of carbonyl (C=O) groups is 2. The first-order chi connectivity index (χ1) is 8.58. The fourth-order valence-electron chi connectivity index (χ4n) is 1.41. The molecule has 1 amide bonds. The Balaban J connectivity index is 1.99. The minimum atomic E-state index is -1.01. The number of aromatic carboxylic acids is 1. The van der Waals surface area contributed by atoms with Crippen molar-refractivity contribution in [2.24, 2.45) is 0 Å². The van der Waals surface area contributed by atoms with Gasteiger partial charge in [-0.1, -0.05) is 0 Å². The molecule has 0 fully saturated rings. The van der Waals surface area contributed by atoms with Crippen LogP contribution in [0.3, 0.4) is 0 Å². The van der Waals surface area contributed by atoms with Gasteiger partial charge in [-0.3, -0.25) is 4.79 Å². The summed E-state index contributed by atoms with van der Waals surface area (Å²) in [5.41, 5.74) is 1.15. The number of carbonyl (C=O) groups excluding carboxylic acids is 1. The summed E-state index contributed by atoms with van der Waals surface area (Å²) in [6.07, 6.45) is 0. The van der Waals surface area contributed by atoms with Gasteiger partial charge in [0, 0.05) is 4.88 Å². The van der Waals surface area contributed by atoms with Gasteiger partial charge in [0.1, 0.15) is 4.88 Å². The average Bonchev–Trinajstić information content (AvgIpc) is 2.94. The summed E-state index contributed by atoms with van der Waals surface area (Å²) in [6, 6.07) is 4.98. The monoisotopic (exact) mass is 281 g/mol. The maximum atomic E-state index is 11.8. The first kappa shape index (κ1) is 12.8. The van der Waals surface area contributed by atoms with Gasteiger partial charge in [0.2, 0.25) is 0 Å². The van der Waals surface area contributed by atoms with E-state index in [0.717, 1.165) is 21.8 Å². The van der Waals surface area contributed by atoms with Gasteiger partial charge in [0.15, 0.2) is 0 Å². The molecule has 6 heteroatoms. The van der Waals surface area contributed by atoms with Crippen LogP contribution in [-0.4, -0.2) is 17.0 Å². The number of rotatable bonds is 4. The molecule has 2 aromatic heterocycles. The van der Waals surface area contributed by atoms with Crippen molar-refractivity contribution in [1.82, 2.24) is 5.32 Å². The lowest BCUT2D eigenvalue weighted by Gasteiger charge is -2.02. The molecule has 2 N–H and O–H groups in total. The zero-order chi connectivity index (χ0) is 13.1. The van der Waals surface area contributed by atoms with E-state index < -0.39 is 5.97 Å². The van der Waals surface area contributed by atoms with Crippen molar-refractivity contribution < 1.29 is 14.7 Å². The summed E-state index contributed by atoms with van der Waals surface area (Å²) in [4.78, 5) is 24.2. The third kappa shape index (κ3) is 2.77. The summed E-state index contributed by atoms with van der Waals surface area (Å²) in [7, 11) is 0. The van der Waals surface area contributed by atoms with Crippen LogP contribution in [0.5, 0.6) is 0 Å². The quantitative estimate of drug-likeness (QED) is 0.905. The molecule has 0 spiro atoms. The van der Waals surface area contributed by atoms with Crippen molar-refractivity contribution in [2.75, 3.05) is 0 Å². The van der Waals surface area contributed by atoms with E-state index in [0.29, 0.717) is 11.4 Å². The molecular weight excluding hydrogens is 270 g/mol. The molecule has 2 aromatic rings. The molecule has 0 unspecified atom stereocenters. The molecule has 0 saturated heterocycles. The molecule has 2 heterocycles. The number of nitrogens with one attached hydrogen (secondary N) is 1. The van der Waals surface area contributed by atoms with Gasteiger partial charge in [0.05, 0.1) is 11.4 Å². The van der Waals surface area contributed by atoms with Crippen molar-refractivity contribution in [3.8, 4) is 0 Å². The summed E-state index contributed by atoms with van der Waals surface area (Å²) in [6.45, 7) is 2.47. The molecule has 0 atom stereocenters. The second kappa shape index (κ2) is 5.32. The minimum Gasteiger partial charge on any atom is -0.477 e. The molecule has 2 rings (SSSR count). The van der Waals surface area contributed by atoms with E-state index in [1.807, 2.05) is 18.4 Å². The fourth-order valence-corrected chi connectivity index (χ4v) is 3.01. The van der Waals surface area contributed by atoms with Crippen molar-refractivity contribution >= 4 is 34.6 Å². The van der Waals surface area contributed by atoms with E-state index in [9.17, 15) is 9.59 Å². The number of carboxylic acid groups (broad SMARTS) is 1. The predicted molar refractivity (Wildman–Crippen MR) is 71.5 cm³/mol. The molecule has 0 bridgehead atoms. The lowest BCUT2D eigenvalue weighted by Crippen LogP contribution is -2.21. The molecule has 0 aliphatic heterocycles. The average molecular weight is 281 g/mol. The minimum absolute atomic E-state index is 0.174. The van der Waals surface area contributed by atoms with Gasteiger partial charge in [0.25, 0.3) is 5.91 Å². The Kier molecular flexibility index (Phi) is 3.78. The lowest BCUT2D eigenvalue weighted by molar-refractivity contribution is 0.0702. The Morgan fingerprint density at radius 2 is 2.00 bits per heavy atom. The molecule has 18 heavy (non-hydrogen) atoms. The van der Waals surface area contributed by atoms with E-state index in [1.54, 1.807) is 11.3 Å². The summed E-state index contributed by atoms with van der Waals surface area (Å²) >= 11 is 2.57. The van der Waals surface area contributed by atoms with Crippen LogP contribution in [0.4, 0.5) is 0 Å². The van der Waals surface area contributed by atoms with Crippen LogP contribution in [0.25, 0.3) is 0 Å². The maximum Gasteiger partial charge on any atom is 0.345 e. The Morgan fingerprint density at radius 1 is 1.28 bits per heavy atom. The Hall–Kier alpha value is -1.66. The number of hydrogen-bond acceptors (Lipinski definition) is 4. The lowest BCUT2D eigenvalue weighted by atomic mass is 10.3. The van der Waals surface area contributed by atoms with E-state index in [-0.39, 0.29) is 10.8 Å². The Morgan fingerprint density at radius 3 is 2.56 bits per heavy atom. The first-order valence-corrected chi connectivity index (χ1v) is 6.92. The normalized spacial score (nSPS) is 10.3. The van der Waals surface area contributed by atoms with Gasteiger partial charge in [-0.25, -0.2) is 4.79 Å². The highest BCUT2D eigenvalue weighted by Crippen LogP contribution is 2.18. The van der Waals surface area contributed by atoms with E-state index in [2.05, 4.69) is 5.32 Å². The summed E-state index contributed by atoms with van der Waals surface area (Å²) in [5, 5.41) is 13.5. The van der Waals surface area contributed by atoms with Crippen molar-refractivity contribution in [1.29, 1.82) is 0 Å². The van der Waals surface area contributed by atoms with E-state index >= 15 is 0 Å². The van der Waals surface area contributed by atoms with Gasteiger partial charge in [-0.15, -0.1) is 22.7 Å². The highest BCUT2D eigenvalue weighted by Gasteiger charge is 2.12. The number of thiophene rings is 2. The summed E-state index contributed by atoms with van der Waals surface area (Å²) < 4.78 is 0. The van der Waals surface area contributed by atoms with Gasteiger partial charge in [-0.05, 0) is 36.1 Å². The molecule has 0 aliphatic rings. The van der Waals surface area contributed by atoms with Crippen LogP contribution in [0.2, 0.25) is 0 Å². The number of hydrogen-bond donors (Lipinski definition) is 2. The molecule has 0 radical (unpaired) electrons. The van der Waals surface area contributed by atoms with Crippen LogP contribution < -0.4 is 5.32 Å². The predicted octanol–water partition coefficient (Wildman–Crippen LogP) is 2.75. The topological polar surface area (TPSA) is 66.4 Å². The molecule has 0 saturated carbocycles. The van der Waals surface area contributed by atoms with Crippen molar-refractivity contribution in [3.05, 3.63) is 43.8 Å². The van der Waals surface area contributed by atoms with Gasteiger partial charge in [-0.2, -0.15) is 0 Å². The van der Waals surface area contributed by atoms with Crippen molar-refractivity contribution in [3.63, 3.8) is 0 Å². The largest absolute Gasteiger partial charge is 0.477 e. The molecule has 4 nitrogen and oxygen atoms in total. The third-order valence-corrected chi connectivity index (χ3v) is 4.51. The zero-order valence-corrected chi connectivity index (χ0v) is 11.2. The highest BCUT2D eigenvalue weighted by molar-refractivity contribution is 7.15. The van der Waals surface area contributed by atoms with Crippen LogP contribution >= 0.6 is 22.7 Å². The molecule has 0 aromatic carbocycles. The first-order valence-electron chi connectivity index (χ1n) is 5.22. The highest BCUT2D eigenvalue weighted by atomic mass is 32.1. The molecule has 0 aliphatic carbocycles. The molecule has 94 valence electrons. The smallest absolute Gasteiger partial charge is 0.345 e.